The highest BCUT2D eigenvalue weighted by atomic mass is 32.2. The van der Waals surface area contributed by atoms with Crippen LogP contribution in [0.5, 0.6) is 0 Å². The van der Waals surface area contributed by atoms with Gasteiger partial charge in [0.1, 0.15) is 11.9 Å². The fraction of sp³-hybridized carbons (Fsp3) is 0.667. The van der Waals surface area contributed by atoms with Gasteiger partial charge < -0.3 is 4.74 Å². The van der Waals surface area contributed by atoms with Crippen LogP contribution in [0.2, 0.25) is 0 Å². The normalized spacial score (nSPS) is 21.4. The minimum absolute atomic E-state index is 0.274. The first-order chi connectivity index (χ1) is 9.30. The van der Waals surface area contributed by atoms with Gasteiger partial charge in [-0.3, -0.25) is 0 Å². The van der Waals surface area contributed by atoms with Gasteiger partial charge in [-0.15, -0.1) is 0 Å². The summed E-state index contributed by atoms with van der Waals surface area (Å²) < 4.78 is 32.6. The Labute approximate surface area is 119 Å². The van der Waals surface area contributed by atoms with Crippen molar-refractivity contribution in [2.75, 3.05) is 33.8 Å². The number of ether oxygens (including phenoxy) is 1. The van der Waals surface area contributed by atoms with Gasteiger partial charge in [-0.05, 0) is 19.9 Å². The highest BCUT2D eigenvalue weighted by molar-refractivity contribution is 7.86. The van der Waals surface area contributed by atoms with Gasteiger partial charge >= 0.3 is 0 Å². The van der Waals surface area contributed by atoms with Crippen molar-refractivity contribution in [2.24, 2.45) is 0 Å². The van der Waals surface area contributed by atoms with Crippen LogP contribution < -0.4 is 0 Å². The molecule has 0 bridgehead atoms. The Morgan fingerprint density at radius 3 is 2.65 bits per heavy atom. The molecule has 1 aliphatic heterocycles. The van der Waals surface area contributed by atoms with Crippen molar-refractivity contribution in [2.45, 2.75) is 20.0 Å². The summed E-state index contributed by atoms with van der Waals surface area (Å²) in [6.45, 7) is 4.69. The monoisotopic (exact) mass is 300 g/mol. The number of morpholine rings is 1. The number of hydrogen-bond donors (Lipinski definition) is 0. The van der Waals surface area contributed by atoms with E-state index in [1.807, 2.05) is 19.9 Å². The Morgan fingerprint density at radius 2 is 2.05 bits per heavy atom. The summed E-state index contributed by atoms with van der Waals surface area (Å²) in [6, 6.07) is 1.84. The molecule has 0 saturated carbocycles. The van der Waals surface area contributed by atoms with E-state index in [4.69, 9.17) is 4.74 Å². The van der Waals surface area contributed by atoms with Crippen molar-refractivity contribution >= 4 is 10.2 Å². The van der Waals surface area contributed by atoms with Crippen LogP contribution in [0.15, 0.2) is 6.07 Å². The molecule has 2 heterocycles. The molecule has 8 heteroatoms. The topological polar surface area (TPSA) is 75.6 Å². The van der Waals surface area contributed by atoms with E-state index < -0.39 is 10.2 Å². The van der Waals surface area contributed by atoms with Crippen LogP contribution in [-0.2, 0) is 14.9 Å². The zero-order valence-electron chi connectivity index (χ0n) is 12.2. The van der Waals surface area contributed by atoms with Gasteiger partial charge in [0.05, 0.1) is 12.3 Å². The number of aromatic nitrogens is 2. The molecule has 1 unspecified atom stereocenters. The molecular weight excluding hydrogens is 280 g/mol. The molecule has 1 aromatic rings. The second-order valence-corrected chi connectivity index (χ2v) is 7.13. The lowest BCUT2D eigenvalue weighted by Gasteiger charge is -2.33. The Morgan fingerprint density at radius 1 is 1.35 bits per heavy atom. The number of rotatable bonds is 3. The van der Waals surface area contributed by atoms with Gasteiger partial charge in [-0.25, -0.2) is 9.97 Å². The van der Waals surface area contributed by atoms with Crippen molar-refractivity contribution in [1.29, 1.82) is 0 Å². The first-order valence-corrected chi connectivity index (χ1v) is 7.82. The third kappa shape index (κ3) is 3.14. The molecule has 1 aromatic heterocycles. The van der Waals surface area contributed by atoms with E-state index in [1.54, 1.807) is 0 Å². The van der Waals surface area contributed by atoms with E-state index in [2.05, 4.69) is 9.97 Å². The van der Waals surface area contributed by atoms with Crippen LogP contribution in [0, 0.1) is 13.8 Å². The lowest BCUT2D eigenvalue weighted by atomic mass is 10.2. The molecule has 0 aromatic carbocycles. The highest BCUT2D eigenvalue weighted by Crippen LogP contribution is 2.23. The zero-order chi connectivity index (χ0) is 14.9. The van der Waals surface area contributed by atoms with E-state index in [-0.39, 0.29) is 12.6 Å². The van der Waals surface area contributed by atoms with Crippen LogP contribution in [0.4, 0.5) is 0 Å². The molecule has 0 aliphatic carbocycles. The van der Waals surface area contributed by atoms with Gasteiger partial charge in [0.15, 0.2) is 0 Å². The van der Waals surface area contributed by atoms with Gasteiger partial charge in [0, 0.05) is 32.9 Å². The first kappa shape index (κ1) is 15.3. The molecule has 1 fully saturated rings. The number of hydrogen-bond acceptors (Lipinski definition) is 5. The fourth-order valence-corrected chi connectivity index (χ4v) is 3.25. The maximum Gasteiger partial charge on any atom is 0.281 e. The van der Waals surface area contributed by atoms with Crippen LogP contribution in [-0.4, -0.2) is 60.8 Å². The largest absolute Gasteiger partial charge is 0.369 e. The van der Waals surface area contributed by atoms with Gasteiger partial charge in [-0.1, -0.05) is 0 Å². The molecule has 20 heavy (non-hydrogen) atoms. The number of aryl methyl sites for hydroxylation is 2. The quantitative estimate of drug-likeness (QED) is 0.801. The maximum atomic E-state index is 12.2. The summed E-state index contributed by atoms with van der Waals surface area (Å²) in [7, 11) is -0.365. The van der Waals surface area contributed by atoms with Crippen molar-refractivity contribution in [1.82, 2.24) is 18.6 Å². The lowest BCUT2D eigenvalue weighted by molar-refractivity contribution is -0.00642. The van der Waals surface area contributed by atoms with E-state index in [0.29, 0.717) is 19.0 Å². The summed E-state index contributed by atoms with van der Waals surface area (Å²) in [5.74, 6) is 0.663. The summed E-state index contributed by atoms with van der Waals surface area (Å²) in [4.78, 5) is 8.57. The average Bonchev–Trinajstić information content (AvgIpc) is 2.37. The standard InChI is InChI=1S/C12H20N4O3S/c1-9-7-11(14-10(2)13-9)12-8-16(5-6-19-12)20(17,18)15(3)4/h7,12H,5-6,8H2,1-4H3. The molecule has 7 nitrogen and oxygen atoms in total. The smallest absolute Gasteiger partial charge is 0.281 e. The maximum absolute atomic E-state index is 12.2. The molecule has 112 valence electrons. The second kappa shape index (κ2) is 5.72. The van der Waals surface area contributed by atoms with Gasteiger partial charge in [0.25, 0.3) is 10.2 Å². The molecule has 0 radical (unpaired) electrons. The Hall–Kier alpha value is -1.09. The van der Waals surface area contributed by atoms with E-state index in [0.717, 1.165) is 11.4 Å². The Balaban J connectivity index is 2.23. The highest BCUT2D eigenvalue weighted by Gasteiger charge is 2.32. The minimum Gasteiger partial charge on any atom is -0.369 e. The van der Waals surface area contributed by atoms with Crippen LogP contribution in [0.1, 0.15) is 23.3 Å². The number of nitrogens with zero attached hydrogens (tertiary/aromatic N) is 4. The molecule has 0 N–H and O–H groups in total. The minimum atomic E-state index is -3.42. The average molecular weight is 300 g/mol. The fourth-order valence-electron chi connectivity index (χ4n) is 2.16. The second-order valence-electron chi connectivity index (χ2n) is 4.99. The summed E-state index contributed by atoms with van der Waals surface area (Å²) in [5.41, 5.74) is 1.58. The molecule has 1 saturated heterocycles. The predicted molar refractivity (Wildman–Crippen MR) is 74.4 cm³/mol. The zero-order valence-corrected chi connectivity index (χ0v) is 13.0. The molecule has 0 spiro atoms. The van der Waals surface area contributed by atoms with Crippen molar-refractivity contribution in [3.8, 4) is 0 Å². The Bertz CT molecular complexity index is 568. The van der Waals surface area contributed by atoms with E-state index in [9.17, 15) is 8.42 Å². The lowest BCUT2D eigenvalue weighted by Crippen LogP contribution is -2.47. The van der Waals surface area contributed by atoms with Crippen molar-refractivity contribution in [3.63, 3.8) is 0 Å². The third-order valence-electron chi connectivity index (χ3n) is 3.13. The molecular formula is C12H20N4O3S. The van der Waals surface area contributed by atoms with Crippen molar-refractivity contribution < 1.29 is 13.2 Å². The molecule has 1 aliphatic rings. The van der Waals surface area contributed by atoms with Gasteiger partial charge in [-0.2, -0.15) is 17.0 Å². The van der Waals surface area contributed by atoms with Crippen molar-refractivity contribution in [3.05, 3.63) is 23.3 Å². The SMILES string of the molecule is Cc1cc(C2CN(S(=O)(=O)N(C)C)CCO2)nc(C)n1. The van der Waals surface area contributed by atoms with E-state index >= 15 is 0 Å². The van der Waals surface area contributed by atoms with Crippen LogP contribution >= 0.6 is 0 Å². The third-order valence-corrected chi connectivity index (χ3v) is 5.04. The molecule has 0 amide bonds. The summed E-state index contributed by atoms with van der Waals surface area (Å²) in [6.07, 6.45) is -0.348. The molecule has 1 atom stereocenters. The van der Waals surface area contributed by atoms with Crippen LogP contribution in [0.25, 0.3) is 0 Å². The van der Waals surface area contributed by atoms with E-state index in [1.165, 1.54) is 22.7 Å². The first-order valence-electron chi connectivity index (χ1n) is 6.42. The molecule has 2 rings (SSSR count). The predicted octanol–water partition coefficient (Wildman–Crippen LogP) is 0.273. The van der Waals surface area contributed by atoms with Gasteiger partial charge in [0.2, 0.25) is 0 Å². The van der Waals surface area contributed by atoms with Crippen LogP contribution in [0.3, 0.4) is 0 Å². The Kier molecular flexibility index (Phi) is 4.38. The summed E-state index contributed by atoms with van der Waals surface area (Å²) in [5, 5.41) is 0. The summed E-state index contributed by atoms with van der Waals surface area (Å²) >= 11 is 0.